The van der Waals surface area contributed by atoms with Gasteiger partial charge in [0.15, 0.2) is 0 Å². The summed E-state index contributed by atoms with van der Waals surface area (Å²) < 4.78 is 16.0. The van der Waals surface area contributed by atoms with Gasteiger partial charge >= 0.3 is 0 Å². The molecule has 3 rings (SSSR count). The minimum absolute atomic E-state index is 0.0322. The number of amides is 1. The Hall–Kier alpha value is -2.31. The first kappa shape index (κ1) is 21.4. The van der Waals surface area contributed by atoms with Crippen LogP contribution in [0.5, 0.6) is 5.75 Å². The predicted molar refractivity (Wildman–Crippen MR) is 112 cm³/mol. The highest BCUT2D eigenvalue weighted by Gasteiger charge is 2.26. The number of hydrogen-bond donors (Lipinski definition) is 0. The molecule has 0 atom stereocenters. The van der Waals surface area contributed by atoms with Crippen molar-refractivity contribution in [2.24, 2.45) is 5.92 Å². The number of rotatable bonds is 9. The van der Waals surface area contributed by atoms with E-state index in [1.165, 1.54) is 5.56 Å². The molecule has 158 valence electrons. The first-order valence-electron chi connectivity index (χ1n) is 10.3. The fourth-order valence-corrected chi connectivity index (χ4v) is 3.97. The molecule has 1 aliphatic rings. The monoisotopic (exact) mass is 400 g/mol. The summed E-state index contributed by atoms with van der Waals surface area (Å²) in [5, 5.41) is 0. The van der Waals surface area contributed by atoms with Crippen molar-refractivity contribution in [1.82, 2.24) is 9.80 Å². The van der Waals surface area contributed by atoms with Crippen molar-refractivity contribution >= 4 is 5.91 Å². The first-order chi connectivity index (χ1) is 14.1. The molecule has 0 aliphatic carbocycles. The summed E-state index contributed by atoms with van der Waals surface area (Å²) >= 11 is 0. The van der Waals surface area contributed by atoms with E-state index < -0.39 is 0 Å². The Morgan fingerprint density at radius 2 is 1.97 bits per heavy atom. The molecule has 2 heterocycles. The normalized spacial score (nSPS) is 15.4. The number of likely N-dealkylation sites (tertiary alicyclic amines) is 1. The van der Waals surface area contributed by atoms with Gasteiger partial charge in [0, 0.05) is 32.3 Å². The van der Waals surface area contributed by atoms with Crippen molar-refractivity contribution in [2.45, 2.75) is 26.3 Å². The number of piperidine rings is 1. The molecule has 0 spiro atoms. The molecule has 1 fully saturated rings. The summed E-state index contributed by atoms with van der Waals surface area (Å²) in [6.07, 6.45) is 3.74. The van der Waals surface area contributed by atoms with Crippen molar-refractivity contribution in [3.05, 3.63) is 53.5 Å². The SMILES string of the molecule is COCCN(CC1CCN(Cc2ccccc2OC)CC1)C(=O)c1ccoc1C. The minimum Gasteiger partial charge on any atom is -0.496 e. The number of furan rings is 1. The van der Waals surface area contributed by atoms with Gasteiger partial charge in [-0.25, -0.2) is 0 Å². The standard InChI is InChI=1S/C23H32N2O4/c1-18-21(10-14-29-18)23(26)25(13-15-27-2)16-19-8-11-24(12-9-19)17-20-6-4-5-7-22(20)28-3/h4-7,10,14,19H,8-9,11-13,15-17H2,1-3H3. The second kappa shape index (κ2) is 10.5. The highest BCUT2D eigenvalue weighted by atomic mass is 16.5. The Labute approximate surface area is 173 Å². The number of benzene rings is 1. The second-order valence-corrected chi connectivity index (χ2v) is 7.67. The van der Waals surface area contributed by atoms with Gasteiger partial charge in [-0.2, -0.15) is 0 Å². The summed E-state index contributed by atoms with van der Waals surface area (Å²) in [6.45, 7) is 6.68. The van der Waals surface area contributed by atoms with E-state index in [2.05, 4.69) is 17.0 Å². The van der Waals surface area contributed by atoms with Crippen LogP contribution in [0.2, 0.25) is 0 Å². The fourth-order valence-electron chi connectivity index (χ4n) is 3.97. The maximum atomic E-state index is 13.0. The van der Waals surface area contributed by atoms with Crippen LogP contribution in [0.25, 0.3) is 0 Å². The van der Waals surface area contributed by atoms with Crippen molar-refractivity contribution in [3.63, 3.8) is 0 Å². The Balaban J connectivity index is 1.55. The molecule has 1 aromatic heterocycles. The van der Waals surface area contributed by atoms with Gasteiger partial charge in [0.25, 0.3) is 5.91 Å². The lowest BCUT2D eigenvalue weighted by atomic mass is 9.95. The lowest BCUT2D eigenvalue weighted by molar-refractivity contribution is 0.0615. The minimum atomic E-state index is 0.0322. The Morgan fingerprint density at radius 1 is 1.21 bits per heavy atom. The summed E-state index contributed by atoms with van der Waals surface area (Å²) in [4.78, 5) is 17.4. The predicted octanol–water partition coefficient (Wildman–Crippen LogP) is 3.60. The lowest BCUT2D eigenvalue weighted by Crippen LogP contribution is -2.42. The van der Waals surface area contributed by atoms with Crippen LogP contribution in [0.15, 0.2) is 41.0 Å². The highest BCUT2D eigenvalue weighted by Crippen LogP contribution is 2.24. The molecule has 1 aromatic carbocycles. The summed E-state index contributed by atoms with van der Waals surface area (Å²) in [5.41, 5.74) is 1.87. The van der Waals surface area contributed by atoms with Crippen LogP contribution in [-0.4, -0.2) is 62.7 Å². The average Bonchev–Trinajstić information content (AvgIpc) is 3.18. The van der Waals surface area contributed by atoms with E-state index >= 15 is 0 Å². The number of carbonyl (C=O) groups is 1. The molecule has 2 aromatic rings. The molecule has 0 saturated carbocycles. The van der Waals surface area contributed by atoms with E-state index in [0.29, 0.717) is 30.4 Å². The Bertz CT molecular complexity index is 781. The van der Waals surface area contributed by atoms with E-state index in [0.717, 1.165) is 44.8 Å². The van der Waals surface area contributed by atoms with E-state index in [1.54, 1.807) is 26.5 Å². The highest BCUT2D eigenvalue weighted by molar-refractivity contribution is 5.95. The van der Waals surface area contributed by atoms with Crippen LogP contribution in [0.3, 0.4) is 0 Å². The molecule has 1 aliphatic heterocycles. The zero-order valence-corrected chi connectivity index (χ0v) is 17.7. The molecule has 0 radical (unpaired) electrons. The van der Waals surface area contributed by atoms with Crippen molar-refractivity contribution < 1.29 is 18.7 Å². The topological polar surface area (TPSA) is 55.2 Å². The molecule has 1 saturated heterocycles. The first-order valence-corrected chi connectivity index (χ1v) is 10.3. The van der Waals surface area contributed by atoms with Gasteiger partial charge in [-0.05, 0) is 50.9 Å². The molecule has 6 nitrogen and oxygen atoms in total. The largest absolute Gasteiger partial charge is 0.496 e. The molecule has 1 amide bonds. The number of para-hydroxylation sites is 1. The van der Waals surface area contributed by atoms with Crippen molar-refractivity contribution in [3.8, 4) is 5.75 Å². The van der Waals surface area contributed by atoms with Gasteiger partial charge in [-0.3, -0.25) is 9.69 Å². The Morgan fingerprint density at radius 3 is 2.62 bits per heavy atom. The van der Waals surface area contributed by atoms with Crippen LogP contribution in [0.1, 0.15) is 34.5 Å². The second-order valence-electron chi connectivity index (χ2n) is 7.67. The third-order valence-electron chi connectivity index (χ3n) is 5.71. The number of methoxy groups -OCH3 is 2. The number of nitrogens with zero attached hydrogens (tertiary/aromatic N) is 2. The van der Waals surface area contributed by atoms with Crippen molar-refractivity contribution in [1.29, 1.82) is 0 Å². The van der Waals surface area contributed by atoms with Gasteiger partial charge < -0.3 is 18.8 Å². The molecular weight excluding hydrogens is 368 g/mol. The molecule has 0 unspecified atom stereocenters. The smallest absolute Gasteiger partial charge is 0.257 e. The number of hydrogen-bond acceptors (Lipinski definition) is 5. The van der Waals surface area contributed by atoms with Gasteiger partial charge in [0.1, 0.15) is 11.5 Å². The molecule has 6 heteroatoms. The van der Waals surface area contributed by atoms with Gasteiger partial charge in [0.05, 0.1) is 25.5 Å². The number of aryl methyl sites for hydroxylation is 1. The van der Waals surface area contributed by atoms with Crippen LogP contribution in [0, 0.1) is 12.8 Å². The van der Waals surface area contributed by atoms with Gasteiger partial charge in [0.2, 0.25) is 0 Å². The third kappa shape index (κ3) is 5.61. The quantitative estimate of drug-likeness (QED) is 0.644. The maximum absolute atomic E-state index is 13.0. The van der Waals surface area contributed by atoms with Crippen LogP contribution in [0.4, 0.5) is 0 Å². The van der Waals surface area contributed by atoms with E-state index in [-0.39, 0.29) is 5.91 Å². The van der Waals surface area contributed by atoms with Crippen LogP contribution in [-0.2, 0) is 11.3 Å². The van der Waals surface area contributed by atoms with E-state index in [9.17, 15) is 4.79 Å². The number of carbonyl (C=O) groups excluding carboxylic acids is 1. The Kier molecular flexibility index (Phi) is 7.72. The van der Waals surface area contributed by atoms with Crippen LogP contribution < -0.4 is 4.74 Å². The summed E-state index contributed by atoms with van der Waals surface area (Å²) in [7, 11) is 3.39. The lowest BCUT2D eigenvalue weighted by Gasteiger charge is -2.35. The summed E-state index contributed by atoms with van der Waals surface area (Å²) in [5.74, 6) is 2.15. The molecule has 29 heavy (non-hydrogen) atoms. The van der Waals surface area contributed by atoms with E-state index in [1.807, 2.05) is 24.0 Å². The average molecular weight is 401 g/mol. The summed E-state index contributed by atoms with van der Waals surface area (Å²) in [6, 6.07) is 9.96. The molecule has 0 bridgehead atoms. The van der Waals surface area contributed by atoms with Gasteiger partial charge in [-0.1, -0.05) is 18.2 Å². The van der Waals surface area contributed by atoms with Gasteiger partial charge in [-0.15, -0.1) is 0 Å². The van der Waals surface area contributed by atoms with E-state index in [4.69, 9.17) is 13.9 Å². The molecule has 0 N–H and O–H groups in total. The zero-order valence-electron chi connectivity index (χ0n) is 17.7. The van der Waals surface area contributed by atoms with Crippen molar-refractivity contribution in [2.75, 3.05) is 47.0 Å². The van der Waals surface area contributed by atoms with Crippen LogP contribution >= 0.6 is 0 Å². The number of ether oxygens (including phenoxy) is 2. The molecular formula is C23H32N2O4. The third-order valence-corrected chi connectivity index (χ3v) is 5.71. The fraction of sp³-hybridized carbons (Fsp3) is 0.522. The zero-order chi connectivity index (χ0) is 20.6. The maximum Gasteiger partial charge on any atom is 0.257 e.